The van der Waals surface area contributed by atoms with E-state index in [4.69, 9.17) is 11.6 Å². The Balaban J connectivity index is 0.000000234. The summed E-state index contributed by atoms with van der Waals surface area (Å²) >= 11 is 6.06. The van der Waals surface area contributed by atoms with E-state index in [1.807, 2.05) is 32.0 Å². The Kier molecular flexibility index (Phi) is 12.8. The largest absolute Gasteiger partial charge is 0.310 e. The SMILES string of the molecule is CC.CC(C)NCc1ccccc1-c1cccc(Cl)c1.Cc1cccc(-c2ccccc2CP)c1. The highest BCUT2D eigenvalue weighted by molar-refractivity contribution is 7.15. The molecule has 4 aromatic rings. The fourth-order valence-corrected chi connectivity index (χ4v) is 4.26. The van der Waals surface area contributed by atoms with Crippen molar-refractivity contribution in [3.63, 3.8) is 0 Å². The normalized spacial score (nSPS) is 10.2. The van der Waals surface area contributed by atoms with Crippen LogP contribution < -0.4 is 5.32 Å². The van der Waals surface area contributed by atoms with Crippen LogP contribution in [-0.4, -0.2) is 6.04 Å². The number of halogens is 1. The Morgan fingerprint density at radius 1 is 0.714 bits per heavy atom. The molecule has 0 fully saturated rings. The molecular formula is C32H39ClNP. The van der Waals surface area contributed by atoms with Crippen LogP contribution in [0.5, 0.6) is 0 Å². The molecule has 0 heterocycles. The van der Waals surface area contributed by atoms with Crippen LogP contribution in [0.25, 0.3) is 22.3 Å². The molecule has 0 aliphatic heterocycles. The van der Waals surface area contributed by atoms with Gasteiger partial charge in [0.15, 0.2) is 0 Å². The molecule has 1 atom stereocenters. The Morgan fingerprint density at radius 3 is 1.83 bits per heavy atom. The van der Waals surface area contributed by atoms with Gasteiger partial charge in [-0.1, -0.05) is 130 Å². The Bertz CT molecular complexity index is 1170. The maximum absolute atomic E-state index is 6.06. The highest BCUT2D eigenvalue weighted by Gasteiger charge is 2.05. The van der Waals surface area contributed by atoms with Crippen LogP contribution in [-0.2, 0) is 12.7 Å². The van der Waals surface area contributed by atoms with Gasteiger partial charge in [-0.25, -0.2) is 0 Å². The van der Waals surface area contributed by atoms with Crippen molar-refractivity contribution in [3.05, 3.63) is 119 Å². The van der Waals surface area contributed by atoms with E-state index in [9.17, 15) is 0 Å². The predicted molar refractivity (Wildman–Crippen MR) is 160 cm³/mol. The Morgan fingerprint density at radius 2 is 1.26 bits per heavy atom. The van der Waals surface area contributed by atoms with Crippen molar-refractivity contribution in [1.29, 1.82) is 0 Å². The van der Waals surface area contributed by atoms with Crippen LogP contribution in [0.1, 0.15) is 44.4 Å². The van der Waals surface area contributed by atoms with Crippen molar-refractivity contribution in [2.45, 2.75) is 53.4 Å². The molecule has 0 saturated carbocycles. The lowest BCUT2D eigenvalue weighted by atomic mass is 9.99. The van der Waals surface area contributed by atoms with E-state index in [1.54, 1.807) is 0 Å². The number of hydrogen-bond donors (Lipinski definition) is 1. The quantitative estimate of drug-likeness (QED) is 0.258. The van der Waals surface area contributed by atoms with Gasteiger partial charge in [0.1, 0.15) is 0 Å². The van der Waals surface area contributed by atoms with Gasteiger partial charge in [-0.2, -0.15) is 0 Å². The van der Waals surface area contributed by atoms with E-state index < -0.39 is 0 Å². The van der Waals surface area contributed by atoms with Crippen molar-refractivity contribution in [1.82, 2.24) is 5.32 Å². The zero-order valence-corrected chi connectivity index (χ0v) is 23.6. The molecule has 184 valence electrons. The minimum absolute atomic E-state index is 0.484. The van der Waals surface area contributed by atoms with Crippen molar-refractivity contribution < 1.29 is 0 Å². The molecule has 0 aromatic heterocycles. The molecule has 0 spiro atoms. The topological polar surface area (TPSA) is 12.0 Å². The van der Waals surface area contributed by atoms with Gasteiger partial charge in [0.05, 0.1) is 0 Å². The summed E-state index contributed by atoms with van der Waals surface area (Å²) in [6.45, 7) is 11.3. The summed E-state index contributed by atoms with van der Waals surface area (Å²) in [5.74, 6) is 0. The van der Waals surface area contributed by atoms with E-state index >= 15 is 0 Å². The molecule has 0 bridgehead atoms. The standard InChI is InChI=1S/C16H18ClN.C14H15P.C2H6/c1-12(2)18-11-14-6-3-4-9-16(14)13-7-5-8-15(17)10-13;1-11-5-4-7-12(9-11)14-8-3-2-6-13(14)10-15;1-2/h3-10,12,18H,11H2,1-2H3;2-9H,10,15H2,1H3;1-2H3. The molecule has 0 radical (unpaired) electrons. The van der Waals surface area contributed by atoms with Crippen molar-refractivity contribution in [2.24, 2.45) is 0 Å². The number of benzene rings is 4. The van der Waals surface area contributed by atoms with E-state index in [0.29, 0.717) is 6.04 Å². The van der Waals surface area contributed by atoms with Crippen LogP contribution in [0.4, 0.5) is 0 Å². The van der Waals surface area contributed by atoms with Gasteiger partial charge in [-0.15, -0.1) is 9.24 Å². The van der Waals surface area contributed by atoms with E-state index in [2.05, 4.69) is 114 Å². The van der Waals surface area contributed by atoms with Crippen LogP contribution in [0, 0.1) is 6.92 Å². The van der Waals surface area contributed by atoms with Gasteiger partial charge >= 0.3 is 0 Å². The number of nitrogens with one attached hydrogen (secondary N) is 1. The first kappa shape index (κ1) is 28.8. The summed E-state index contributed by atoms with van der Waals surface area (Å²) < 4.78 is 0. The van der Waals surface area contributed by atoms with Crippen LogP contribution in [0.2, 0.25) is 5.02 Å². The first-order valence-electron chi connectivity index (χ1n) is 12.4. The highest BCUT2D eigenvalue weighted by Crippen LogP contribution is 2.27. The average Bonchev–Trinajstić information content (AvgIpc) is 2.89. The molecular weight excluding hydrogens is 465 g/mol. The second kappa shape index (κ2) is 15.5. The minimum Gasteiger partial charge on any atom is -0.310 e. The van der Waals surface area contributed by atoms with Crippen LogP contribution in [0.3, 0.4) is 0 Å². The van der Waals surface area contributed by atoms with Crippen LogP contribution in [0.15, 0.2) is 97.1 Å². The van der Waals surface area contributed by atoms with Gasteiger partial charge in [0, 0.05) is 17.6 Å². The highest BCUT2D eigenvalue weighted by atomic mass is 35.5. The molecule has 4 aromatic carbocycles. The van der Waals surface area contributed by atoms with E-state index in [1.165, 1.54) is 38.9 Å². The summed E-state index contributed by atoms with van der Waals surface area (Å²) in [6, 6.07) is 34.1. The lowest BCUT2D eigenvalue weighted by Gasteiger charge is -2.13. The molecule has 0 amide bonds. The number of rotatable bonds is 6. The summed E-state index contributed by atoms with van der Waals surface area (Å²) in [4.78, 5) is 0. The van der Waals surface area contributed by atoms with Gasteiger partial charge in [0.2, 0.25) is 0 Å². The van der Waals surface area contributed by atoms with Crippen molar-refractivity contribution in [3.8, 4) is 22.3 Å². The maximum atomic E-state index is 6.06. The van der Waals surface area contributed by atoms with Crippen molar-refractivity contribution in [2.75, 3.05) is 0 Å². The average molecular weight is 504 g/mol. The van der Waals surface area contributed by atoms with Gasteiger partial charge in [-0.3, -0.25) is 0 Å². The number of hydrogen-bond acceptors (Lipinski definition) is 1. The number of aryl methyl sites for hydroxylation is 1. The molecule has 35 heavy (non-hydrogen) atoms. The smallest absolute Gasteiger partial charge is 0.0412 e. The Hall–Kier alpha value is -2.44. The Labute approximate surface area is 220 Å². The summed E-state index contributed by atoms with van der Waals surface area (Å²) in [7, 11) is 2.79. The third-order valence-electron chi connectivity index (χ3n) is 5.42. The monoisotopic (exact) mass is 503 g/mol. The fraction of sp³-hybridized carbons (Fsp3) is 0.250. The molecule has 0 aliphatic carbocycles. The zero-order valence-electron chi connectivity index (χ0n) is 21.7. The lowest BCUT2D eigenvalue weighted by molar-refractivity contribution is 0.589. The zero-order chi connectivity index (χ0) is 25.6. The minimum atomic E-state index is 0.484. The molecule has 1 nitrogen and oxygen atoms in total. The van der Waals surface area contributed by atoms with E-state index in [0.717, 1.165) is 17.7 Å². The molecule has 1 unspecified atom stereocenters. The fourth-order valence-electron chi connectivity index (χ4n) is 3.72. The first-order valence-corrected chi connectivity index (χ1v) is 13.6. The third kappa shape index (κ3) is 9.26. The second-order valence-electron chi connectivity index (χ2n) is 8.43. The molecule has 1 N–H and O–H groups in total. The van der Waals surface area contributed by atoms with Gasteiger partial charge in [-0.05, 0) is 58.6 Å². The molecule has 0 saturated heterocycles. The first-order chi connectivity index (χ1) is 17.0. The second-order valence-corrected chi connectivity index (χ2v) is 9.28. The van der Waals surface area contributed by atoms with Crippen molar-refractivity contribution >= 4 is 20.8 Å². The summed E-state index contributed by atoms with van der Waals surface area (Å²) in [5.41, 5.74) is 9.06. The predicted octanol–water partition coefficient (Wildman–Crippen LogP) is 9.57. The molecule has 3 heteroatoms. The lowest BCUT2D eigenvalue weighted by Crippen LogP contribution is -2.22. The molecule has 4 rings (SSSR count). The van der Waals surface area contributed by atoms with Gasteiger partial charge in [0.25, 0.3) is 0 Å². The van der Waals surface area contributed by atoms with Gasteiger partial charge < -0.3 is 5.32 Å². The van der Waals surface area contributed by atoms with E-state index in [-0.39, 0.29) is 0 Å². The third-order valence-corrected chi connectivity index (χ3v) is 6.10. The maximum Gasteiger partial charge on any atom is 0.0412 e. The summed E-state index contributed by atoms with van der Waals surface area (Å²) in [6.07, 6.45) is 1.00. The molecule has 0 aliphatic rings. The van der Waals surface area contributed by atoms with Crippen LogP contribution >= 0.6 is 20.8 Å². The summed E-state index contributed by atoms with van der Waals surface area (Å²) in [5, 5.41) is 4.23.